The Morgan fingerprint density at radius 3 is 2.54 bits per heavy atom. The Morgan fingerprint density at radius 2 is 1.89 bits per heavy atom. The third-order valence-corrected chi connectivity index (χ3v) is 5.07. The van der Waals surface area contributed by atoms with Crippen LogP contribution in [0.15, 0.2) is 23.2 Å². The Morgan fingerprint density at radius 1 is 1.14 bits per heavy atom. The quantitative estimate of drug-likeness (QED) is 0.228. The molecule has 0 saturated heterocycles. The molecule has 0 aliphatic carbocycles. The molecule has 0 amide bonds. The monoisotopic (exact) mass is 518 g/mol. The molecule has 0 fully saturated rings. The average Bonchev–Trinajstić information content (AvgIpc) is 2.97. The first-order valence-electron chi connectivity index (χ1n) is 9.21. The zero-order chi connectivity index (χ0) is 19.6. The third kappa shape index (κ3) is 7.92. The highest BCUT2D eigenvalue weighted by molar-refractivity contribution is 14.0. The van der Waals surface area contributed by atoms with E-state index in [4.69, 9.17) is 9.47 Å². The van der Waals surface area contributed by atoms with Crippen molar-refractivity contribution >= 4 is 41.3 Å². The summed E-state index contributed by atoms with van der Waals surface area (Å²) in [6.07, 6.45) is 0. The first-order valence-corrected chi connectivity index (χ1v) is 10.0. The van der Waals surface area contributed by atoms with Gasteiger partial charge in [-0.3, -0.25) is 4.99 Å². The summed E-state index contributed by atoms with van der Waals surface area (Å²) in [6.45, 7) is 11.3. The lowest BCUT2D eigenvalue weighted by Gasteiger charge is -2.15. The number of benzene rings is 1. The highest BCUT2D eigenvalue weighted by Crippen LogP contribution is 2.20. The van der Waals surface area contributed by atoms with Gasteiger partial charge in [-0.2, -0.15) is 0 Å². The second kappa shape index (κ2) is 12.9. The smallest absolute Gasteiger partial charge is 0.191 e. The van der Waals surface area contributed by atoms with E-state index in [-0.39, 0.29) is 24.0 Å². The molecule has 2 aromatic rings. The fourth-order valence-electron chi connectivity index (χ4n) is 2.60. The van der Waals surface area contributed by atoms with E-state index in [1.165, 1.54) is 10.4 Å². The fraction of sp³-hybridized carbons (Fsp3) is 0.500. The van der Waals surface area contributed by atoms with Gasteiger partial charge in [0.15, 0.2) is 5.96 Å². The molecular formula is C20H31IN4O2S. The van der Waals surface area contributed by atoms with Crippen molar-refractivity contribution in [3.05, 3.63) is 44.9 Å². The van der Waals surface area contributed by atoms with Crippen LogP contribution in [0.4, 0.5) is 0 Å². The normalized spacial score (nSPS) is 11.1. The largest absolute Gasteiger partial charge is 0.491 e. The van der Waals surface area contributed by atoms with Gasteiger partial charge in [-0.05, 0) is 39.3 Å². The number of nitrogens with zero attached hydrogens (tertiary/aromatic N) is 2. The predicted octanol–water partition coefficient (Wildman–Crippen LogP) is 3.97. The van der Waals surface area contributed by atoms with Crippen molar-refractivity contribution in [3.63, 3.8) is 0 Å². The van der Waals surface area contributed by atoms with Gasteiger partial charge in [-0.15, -0.1) is 35.3 Å². The first-order chi connectivity index (χ1) is 13.0. The maximum Gasteiger partial charge on any atom is 0.191 e. The molecule has 0 bridgehead atoms. The van der Waals surface area contributed by atoms with E-state index < -0.39 is 0 Å². The summed E-state index contributed by atoms with van der Waals surface area (Å²) in [5, 5.41) is 7.79. The Hall–Kier alpha value is -1.39. The first kappa shape index (κ1) is 24.6. The maximum absolute atomic E-state index is 5.90. The second-order valence-electron chi connectivity index (χ2n) is 6.18. The molecule has 0 saturated carbocycles. The van der Waals surface area contributed by atoms with E-state index in [0.29, 0.717) is 32.9 Å². The molecule has 156 valence electrons. The van der Waals surface area contributed by atoms with Crippen molar-refractivity contribution in [3.8, 4) is 5.75 Å². The molecule has 6 nitrogen and oxygen atoms in total. The lowest BCUT2D eigenvalue weighted by molar-refractivity contribution is 0.110. The van der Waals surface area contributed by atoms with E-state index in [1.807, 2.05) is 20.8 Å². The minimum Gasteiger partial charge on any atom is -0.491 e. The number of thiazole rings is 1. The summed E-state index contributed by atoms with van der Waals surface area (Å²) < 4.78 is 11.3. The molecule has 1 aromatic carbocycles. The number of ether oxygens (including phenoxy) is 2. The summed E-state index contributed by atoms with van der Waals surface area (Å²) in [6, 6.07) is 6.23. The van der Waals surface area contributed by atoms with Crippen LogP contribution >= 0.6 is 35.3 Å². The molecular weight excluding hydrogens is 487 g/mol. The molecule has 0 radical (unpaired) electrons. The van der Waals surface area contributed by atoms with E-state index >= 15 is 0 Å². The molecule has 0 aliphatic rings. The number of hydrogen-bond donors (Lipinski definition) is 2. The van der Waals surface area contributed by atoms with Gasteiger partial charge in [-0.25, -0.2) is 4.98 Å². The topological polar surface area (TPSA) is 67.8 Å². The highest BCUT2D eigenvalue weighted by Gasteiger charge is 2.08. The van der Waals surface area contributed by atoms with Crippen molar-refractivity contribution in [2.24, 2.45) is 4.99 Å². The zero-order valence-electron chi connectivity index (χ0n) is 17.3. The molecule has 2 N–H and O–H groups in total. The van der Waals surface area contributed by atoms with Crippen LogP contribution in [-0.4, -0.2) is 37.8 Å². The van der Waals surface area contributed by atoms with E-state index in [0.717, 1.165) is 28.0 Å². The lowest BCUT2D eigenvalue weighted by atomic mass is 10.1. The van der Waals surface area contributed by atoms with Gasteiger partial charge in [-0.1, -0.05) is 12.1 Å². The van der Waals surface area contributed by atoms with Crippen molar-refractivity contribution in [2.75, 3.05) is 26.9 Å². The number of aliphatic imine (C=N–C) groups is 1. The Bertz CT molecular complexity index is 765. The Kier molecular flexibility index (Phi) is 11.4. The highest BCUT2D eigenvalue weighted by atomic mass is 127. The number of halogens is 1. The number of guanidine groups is 1. The Balaban J connectivity index is 0.00000392. The minimum atomic E-state index is 0. The molecule has 8 heteroatoms. The van der Waals surface area contributed by atoms with Crippen LogP contribution < -0.4 is 15.4 Å². The molecule has 0 aliphatic heterocycles. The van der Waals surface area contributed by atoms with Crippen molar-refractivity contribution in [1.29, 1.82) is 0 Å². The van der Waals surface area contributed by atoms with Crippen LogP contribution in [0.3, 0.4) is 0 Å². The SMILES string of the molecule is CCOCCOc1cc(C)ccc1CNC(=NC)NCc1sc(C)nc1C.I. The van der Waals surface area contributed by atoms with E-state index in [1.54, 1.807) is 18.4 Å². The maximum atomic E-state index is 5.90. The van der Waals surface area contributed by atoms with Crippen LogP contribution in [0.1, 0.15) is 33.6 Å². The molecule has 0 atom stereocenters. The van der Waals surface area contributed by atoms with Crippen LogP contribution in [0.5, 0.6) is 5.75 Å². The third-order valence-electron chi connectivity index (χ3n) is 4.00. The van der Waals surface area contributed by atoms with Crippen LogP contribution in [-0.2, 0) is 17.8 Å². The number of hydrogen-bond acceptors (Lipinski definition) is 5. The van der Waals surface area contributed by atoms with Gasteiger partial charge >= 0.3 is 0 Å². The average molecular weight is 518 g/mol. The molecule has 1 heterocycles. The summed E-state index contributed by atoms with van der Waals surface area (Å²) in [5.41, 5.74) is 3.33. The molecule has 28 heavy (non-hydrogen) atoms. The minimum absolute atomic E-state index is 0. The fourth-order valence-corrected chi connectivity index (χ4v) is 3.47. The molecule has 1 aromatic heterocycles. The van der Waals surface area contributed by atoms with Crippen LogP contribution in [0.25, 0.3) is 0 Å². The van der Waals surface area contributed by atoms with Gasteiger partial charge < -0.3 is 20.1 Å². The van der Waals surface area contributed by atoms with E-state index in [2.05, 4.69) is 45.7 Å². The summed E-state index contributed by atoms with van der Waals surface area (Å²) in [7, 11) is 1.77. The predicted molar refractivity (Wildman–Crippen MR) is 127 cm³/mol. The van der Waals surface area contributed by atoms with Crippen LogP contribution in [0.2, 0.25) is 0 Å². The number of nitrogens with one attached hydrogen (secondary N) is 2. The number of rotatable bonds is 9. The summed E-state index contributed by atoms with van der Waals surface area (Å²) in [5.74, 6) is 1.63. The van der Waals surface area contributed by atoms with E-state index in [9.17, 15) is 0 Å². The van der Waals surface area contributed by atoms with Crippen LogP contribution in [0, 0.1) is 20.8 Å². The second-order valence-corrected chi connectivity index (χ2v) is 7.47. The van der Waals surface area contributed by atoms with Crippen molar-refractivity contribution in [1.82, 2.24) is 15.6 Å². The van der Waals surface area contributed by atoms with Gasteiger partial charge in [0.25, 0.3) is 0 Å². The number of aryl methyl sites for hydroxylation is 3. The van der Waals surface area contributed by atoms with Gasteiger partial charge in [0, 0.05) is 30.6 Å². The lowest BCUT2D eigenvalue weighted by Crippen LogP contribution is -2.36. The molecule has 0 spiro atoms. The van der Waals surface area contributed by atoms with Gasteiger partial charge in [0.05, 0.1) is 23.9 Å². The van der Waals surface area contributed by atoms with Crippen molar-refractivity contribution < 1.29 is 9.47 Å². The molecule has 2 rings (SSSR count). The van der Waals surface area contributed by atoms with Gasteiger partial charge in [0.2, 0.25) is 0 Å². The van der Waals surface area contributed by atoms with Gasteiger partial charge in [0.1, 0.15) is 12.4 Å². The number of aromatic nitrogens is 1. The Labute approximate surface area is 189 Å². The molecule has 0 unspecified atom stereocenters. The summed E-state index contributed by atoms with van der Waals surface area (Å²) in [4.78, 5) is 10.00. The summed E-state index contributed by atoms with van der Waals surface area (Å²) >= 11 is 1.71. The standard InChI is InChI=1S/C20H30N4O2S.HI/c1-6-25-9-10-26-18-11-14(2)7-8-17(18)12-22-20(21-5)23-13-19-15(3)24-16(4)27-19;/h7-8,11H,6,9-10,12-13H2,1-5H3,(H2,21,22,23);1H. The zero-order valence-corrected chi connectivity index (χ0v) is 20.4. The van der Waals surface area contributed by atoms with Crippen molar-refractivity contribution in [2.45, 2.75) is 40.8 Å².